The molecular formula is C15H29NO2. The standard InChI is InChI=1S/C15H29NO2/c1-2-3-9-17-10-11-18-14-12-13(16)15(14)7-5-4-6-8-15/h13-14H,2-12,16H2,1H3. The smallest absolute Gasteiger partial charge is 0.0704 e. The van der Waals surface area contributed by atoms with Crippen LogP contribution in [0.3, 0.4) is 0 Å². The molecule has 2 saturated carbocycles. The number of hydrogen-bond donors (Lipinski definition) is 1. The largest absolute Gasteiger partial charge is 0.379 e. The SMILES string of the molecule is CCCCOCCOC1CC(N)C12CCCCC2. The van der Waals surface area contributed by atoms with Crippen LogP contribution in [0.5, 0.6) is 0 Å². The highest BCUT2D eigenvalue weighted by molar-refractivity contribution is 5.07. The van der Waals surface area contributed by atoms with Crippen molar-refractivity contribution in [3.63, 3.8) is 0 Å². The van der Waals surface area contributed by atoms with Crippen LogP contribution in [0.4, 0.5) is 0 Å². The Morgan fingerprint density at radius 2 is 1.89 bits per heavy atom. The van der Waals surface area contributed by atoms with Gasteiger partial charge in [-0.05, 0) is 25.7 Å². The van der Waals surface area contributed by atoms with E-state index < -0.39 is 0 Å². The lowest BCUT2D eigenvalue weighted by Crippen LogP contribution is -2.63. The van der Waals surface area contributed by atoms with Gasteiger partial charge in [0.1, 0.15) is 0 Å². The molecule has 3 heteroatoms. The van der Waals surface area contributed by atoms with Crippen molar-refractivity contribution in [2.24, 2.45) is 11.1 Å². The van der Waals surface area contributed by atoms with E-state index in [1.165, 1.54) is 38.5 Å². The fourth-order valence-electron chi connectivity index (χ4n) is 3.51. The maximum absolute atomic E-state index is 6.24. The summed E-state index contributed by atoms with van der Waals surface area (Å²) in [4.78, 5) is 0. The summed E-state index contributed by atoms with van der Waals surface area (Å²) < 4.78 is 11.6. The highest BCUT2D eigenvalue weighted by Gasteiger charge is 2.53. The molecule has 2 aliphatic rings. The van der Waals surface area contributed by atoms with Crippen molar-refractivity contribution >= 4 is 0 Å². The number of unbranched alkanes of at least 4 members (excludes halogenated alkanes) is 1. The third-order valence-corrected chi connectivity index (χ3v) is 4.82. The molecule has 2 atom stereocenters. The first-order chi connectivity index (χ1) is 8.79. The Kier molecular flexibility index (Phi) is 5.46. The minimum atomic E-state index is 0.321. The van der Waals surface area contributed by atoms with Gasteiger partial charge in [0.05, 0.1) is 19.3 Å². The summed E-state index contributed by atoms with van der Waals surface area (Å²) in [6.45, 7) is 4.53. The van der Waals surface area contributed by atoms with Crippen LogP contribution in [0.15, 0.2) is 0 Å². The Hall–Kier alpha value is -0.120. The first-order valence-corrected chi connectivity index (χ1v) is 7.74. The van der Waals surface area contributed by atoms with E-state index in [4.69, 9.17) is 15.2 Å². The third-order valence-electron chi connectivity index (χ3n) is 4.82. The molecule has 2 aliphatic carbocycles. The Labute approximate surface area is 111 Å². The molecular weight excluding hydrogens is 226 g/mol. The average Bonchev–Trinajstić information content (AvgIpc) is 2.42. The van der Waals surface area contributed by atoms with Crippen LogP contribution in [-0.4, -0.2) is 32.0 Å². The first-order valence-electron chi connectivity index (χ1n) is 7.74. The molecule has 106 valence electrons. The normalized spacial score (nSPS) is 30.3. The van der Waals surface area contributed by atoms with Gasteiger partial charge in [-0.1, -0.05) is 32.6 Å². The lowest BCUT2D eigenvalue weighted by molar-refractivity contribution is -0.150. The molecule has 2 rings (SSSR count). The number of rotatable bonds is 7. The van der Waals surface area contributed by atoms with Crippen molar-refractivity contribution in [3.05, 3.63) is 0 Å². The summed E-state index contributed by atoms with van der Waals surface area (Å²) in [5.41, 5.74) is 6.56. The fraction of sp³-hybridized carbons (Fsp3) is 1.00. The van der Waals surface area contributed by atoms with E-state index >= 15 is 0 Å². The molecule has 0 aromatic heterocycles. The molecule has 18 heavy (non-hydrogen) atoms. The Morgan fingerprint density at radius 1 is 1.11 bits per heavy atom. The Morgan fingerprint density at radius 3 is 2.56 bits per heavy atom. The quantitative estimate of drug-likeness (QED) is 0.711. The molecule has 0 saturated heterocycles. The Bertz CT molecular complexity index is 239. The monoisotopic (exact) mass is 255 g/mol. The van der Waals surface area contributed by atoms with Crippen molar-refractivity contribution < 1.29 is 9.47 Å². The lowest BCUT2D eigenvalue weighted by Gasteiger charge is -2.56. The van der Waals surface area contributed by atoms with Crippen LogP contribution in [0.25, 0.3) is 0 Å². The summed E-state index contributed by atoms with van der Waals surface area (Å²) >= 11 is 0. The molecule has 2 unspecified atom stereocenters. The van der Waals surface area contributed by atoms with Gasteiger partial charge in [-0.15, -0.1) is 0 Å². The van der Waals surface area contributed by atoms with Crippen LogP contribution in [0.2, 0.25) is 0 Å². The van der Waals surface area contributed by atoms with Crippen LogP contribution < -0.4 is 5.73 Å². The fourth-order valence-corrected chi connectivity index (χ4v) is 3.51. The van der Waals surface area contributed by atoms with Crippen LogP contribution in [0, 0.1) is 5.41 Å². The highest BCUT2D eigenvalue weighted by Crippen LogP contribution is 2.52. The van der Waals surface area contributed by atoms with Crippen molar-refractivity contribution in [2.75, 3.05) is 19.8 Å². The summed E-state index contributed by atoms with van der Waals surface area (Å²) in [5, 5.41) is 0. The lowest BCUT2D eigenvalue weighted by atomic mass is 9.55. The van der Waals surface area contributed by atoms with E-state index in [1.54, 1.807) is 0 Å². The predicted molar refractivity (Wildman–Crippen MR) is 73.6 cm³/mol. The van der Waals surface area contributed by atoms with Gasteiger partial charge in [-0.25, -0.2) is 0 Å². The topological polar surface area (TPSA) is 44.5 Å². The van der Waals surface area contributed by atoms with Crippen LogP contribution in [-0.2, 0) is 9.47 Å². The summed E-state index contributed by atoms with van der Waals surface area (Å²) in [6.07, 6.45) is 10.4. The van der Waals surface area contributed by atoms with Crippen LogP contribution in [0.1, 0.15) is 58.3 Å². The maximum atomic E-state index is 6.24. The number of hydrogen-bond acceptors (Lipinski definition) is 3. The molecule has 0 radical (unpaired) electrons. The van der Waals surface area contributed by atoms with Gasteiger partial charge < -0.3 is 15.2 Å². The molecule has 0 bridgehead atoms. The van der Waals surface area contributed by atoms with E-state index in [2.05, 4.69) is 6.92 Å². The van der Waals surface area contributed by atoms with E-state index in [1.807, 2.05) is 0 Å². The minimum Gasteiger partial charge on any atom is -0.379 e. The average molecular weight is 255 g/mol. The van der Waals surface area contributed by atoms with E-state index in [0.717, 1.165) is 32.7 Å². The van der Waals surface area contributed by atoms with Crippen molar-refractivity contribution in [1.82, 2.24) is 0 Å². The second-order valence-corrected chi connectivity index (χ2v) is 5.96. The zero-order chi connectivity index (χ0) is 12.8. The summed E-state index contributed by atoms with van der Waals surface area (Å²) in [7, 11) is 0. The Balaban J connectivity index is 1.64. The van der Waals surface area contributed by atoms with Gasteiger partial charge in [0.25, 0.3) is 0 Å². The molecule has 0 aromatic carbocycles. The third kappa shape index (κ3) is 3.06. The van der Waals surface area contributed by atoms with Crippen LogP contribution >= 0.6 is 0 Å². The zero-order valence-electron chi connectivity index (χ0n) is 11.8. The molecule has 2 N–H and O–H groups in total. The highest BCUT2D eigenvalue weighted by atomic mass is 16.5. The first kappa shape index (κ1) is 14.3. The second-order valence-electron chi connectivity index (χ2n) is 5.96. The minimum absolute atomic E-state index is 0.321. The predicted octanol–water partition coefficient (Wildman–Crippen LogP) is 2.87. The van der Waals surface area contributed by atoms with E-state index in [0.29, 0.717) is 17.6 Å². The molecule has 3 nitrogen and oxygen atoms in total. The molecule has 0 aromatic rings. The van der Waals surface area contributed by atoms with Gasteiger partial charge in [0.2, 0.25) is 0 Å². The van der Waals surface area contributed by atoms with Crippen molar-refractivity contribution in [2.45, 2.75) is 70.4 Å². The maximum Gasteiger partial charge on any atom is 0.0704 e. The summed E-state index contributed by atoms with van der Waals surface area (Å²) in [6, 6.07) is 0.379. The molecule has 0 aliphatic heterocycles. The van der Waals surface area contributed by atoms with Gasteiger partial charge in [-0.3, -0.25) is 0 Å². The number of ether oxygens (including phenoxy) is 2. The zero-order valence-corrected chi connectivity index (χ0v) is 11.8. The van der Waals surface area contributed by atoms with E-state index in [-0.39, 0.29) is 0 Å². The van der Waals surface area contributed by atoms with E-state index in [9.17, 15) is 0 Å². The van der Waals surface area contributed by atoms with Crippen molar-refractivity contribution in [3.8, 4) is 0 Å². The van der Waals surface area contributed by atoms with Gasteiger partial charge in [0, 0.05) is 18.1 Å². The molecule has 1 spiro atoms. The number of nitrogens with two attached hydrogens (primary N) is 1. The molecule has 0 amide bonds. The summed E-state index contributed by atoms with van der Waals surface area (Å²) in [5.74, 6) is 0. The molecule has 0 heterocycles. The van der Waals surface area contributed by atoms with Gasteiger partial charge in [0.15, 0.2) is 0 Å². The van der Waals surface area contributed by atoms with Gasteiger partial charge in [-0.2, -0.15) is 0 Å². The second kappa shape index (κ2) is 6.88. The molecule has 2 fully saturated rings. The van der Waals surface area contributed by atoms with Gasteiger partial charge >= 0.3 is 0 Å². The van der Waals surface area contributed by atoms with Crippen molar-refractivity contribution in [1.29, 1.82) is 0 Å².